The van der Waals surface area contributed by atoms with Crippen LogP contribution >= 0.6 is 0 Å². The lowest BCUT2D eigenvalue weighted by Gasteiger charge is -2.39. The van der Waals surface area contributed by atoms with Crippen molar-refractivity contribution in [2.45, 2.75) is 82.7 Å². The molecule has 4 rings (SSSR count). The summed E-state index contributed by atoms with van der Waals surface area (Å²) >= 11 is 0. The fourth-order valence-corrected chi connectivity index (χ4v) is 4.92. The lowest BCUT2D eigenvalue weighted by Crippen LogP contribution is -2.50. The van der Waals surface area contributed by atoms with Crippen molar-refractivity contribution in [3.05, 3.63) is 33.7 Å². The molecule has 0 bridgehead atoms. The van der Waals surface area contributed by atoms with E-state index in [-0.39, 0.29) is 47.2 Å². The number of epoxide rings is 1. The number of esters is 1. The number of aliphatic hydroxyl groups excluding tert-OH is 1. The summed E-state index contributed by atoms with van der Waals surface area (Å²) in [4.78, 5) is 30.0. The SMILES string of the molecule is Cc1cc(=O)c2c(O)c3c(cc2o1)OC(C)(C)C(OC(=O)C1(CCCCO)OC1CCCN=C(N)N)C3. The van der Waals surface area contributed by atoms with Crippen LogP contribution in [0, 0.1) is 6.92 Å². The van der Waals surface area contributed by atoms with Crippen LogP contribution in [0.3, 0.4) is 0 Å². The van der Waals surface area contributed by atoms with Crippen molar-refractivity contribution in [3.63, 3.8) is 0 Å². The molecule has 2 aliphatic rings. The van der Waals surface area contributed by atoms with E-state index in [9.17, 15) is 19.8 Å². The number of guanidine groups is 1. The molecule has 2 aliphatic heterocycles. The van der Waals surface area contributed by atoms with Crippen LogP contribution in [0.25, 0.3) is 11.0 Å². The number of carbonyl (C=O) groups is 1. The van der Waals surface area contributed by atoms with Crippen molar-refractivity contribution in [1.29, 1.82) is 0 Å². The first kappa shape index (κ1) is 26.7. The first-order valence-electron chi connectivity index (χ1n) is 12.5. The number of rotatable bonds is 10. The lowest BCUT2D eigenvalue weighted by molar-refractivity contribution is -0.168. The summed E-state index contributed by atoms with van der Waals surface area (Å²) in [6.45, 7) is 5.68. The number of hydrogen-bond acceptors (Lipinski definition) is 9. The molecule has 1 fully saturated rings. The van der Waals surface area contributed by atoms with Crippen LogP contribution in [0.15, 0.2) is 26.3 Å². The van der Waals surface area contributed by atoms with Gasteiger partial charge in [-0.3, -0.25) is 9.79 Å². The maximum atomic E-state index is 13.5. The summed E-state index contributed by atoms with van der Waals surface area (Å²) in [6, 6.07) is 2.90. The number of aryl methyl sites for hydroxylation is 1. The zero-order valence-corrected chi connectivity index (χ0v) is 21.4. The number of carbonyl (C=O) groups excluding carboxylic acids is 1. The Labute approximate surface area is 214 Å². The third-order valence-electron chi connectivity index (χ3n) is 7.00. The van der Waals surface area contributed by atoms with Gasteiger partial charge in [-0.25, -0.2) is 4.79 Å². The summed E-state index contributed by atoms with van der Waals surface area (Å²) in [5, 5.41) is 20.2. The smallest absolute Gasteiger partial charge is 0.341 e. The Balaban J connectivity index is 1.55. The number of benzene rings is 1. The minimum Gasteiger partial charge on any atom is -0.507 e. The summed E-state index contributed by atoms with van der Waals surface area (Å²) in [7, 11) is 0. The molecule has 1 saturated heterocycles. The van der Waals surface area contributed by atoms with Gasteiger partial charge >= 0.3 is 5.97 Å². The van der Waals surface area contributed by atoms with E-state index in [0.717, 1.165) is 0 Å². The van der Waals surface area contributed by atoms with Crippen molar-refractivity contribution < 1.29 is 33.6 Å². The molecule has 0 aliphatic carbocycles. The topological polar surface area (TPSA) is 183 Å². The van der Waals surface area contributed by atoms with Gasteiger partial charge in [0, 0.05) is 37.3 Å². The Kier molecular flexibility index (Phi) is 7.38. The molecule has 11 heteroatoms. The lowest BCUT2D eigenvalue weighted by atomic mass is 9.89. The molecule has 0 spiro atoms. The molecule has 3 unspecified atom stereocenters. The minimum absolute atomic E-state index is 0.00841. The number of hydrogen-bond donors (Lipinski definition) is 4. The predicted molar refractivity (Wildman–Crippen MR) is 136 cm³/mol. The van der Waals surface area contributed by atoms with Gasteiger partial charge in [0.05, 0.1) is 6.10 Å². The molecular weight excluding hydrogens is 482 g/mol. The van der Waals surface area contributed by atoms with Gasteiger partial charge in [0.2, 0.25) is 0 Å². The Morgan fingerprint density at radius 1 is 1.24 bits per heavy atom. The number of nitrogens with two attached hydrogens (primary N) is 2. The fraction of sp³-hybridized carbons (Fsp3) is 0.577. The first-order valence-corrected chi connectivity index (χ1v) is 12.5. The molecular formula is C26H35N3O8. The van der Waals surface area contributed by atoms with Crippen LogP contribution in [0.5, 0.6) is 11.5 Å². The Hall–Kier alpha value is -3.31. The van der Waals surface area contributed by atoms with Gasteiger partial charge in [-0.05, 0) is 52.9 Å². The van der Waals surface area contributed by atoms with Crippen LogP contribution in [-0.2, 0) is 20.7 Å². The van der Waals surface area contributed by atoms with Crippen LogP contribution in [-0.4, -0.2) is 58.7 Å². The van der Waals surface area contributed by atoms with Crippen LogP contribution in [0.1, 0.15) is 57.3 Å². The average molecular weight is 518 g/mol. The monoisotopic (exact) mass is 517 g/mol. The van der Waals surface area contributed by atoms with E-state index in [2.05, 4.69) is 4.99 Å². The Bertz CT molecular complexity index is 1270. The third kappa shape index (κ3) is 5.37. The van der Waals surface area contributed by atoms with E-state index in [1.54, 1.807) is 26.8 Å². The summed E-state index contributed by atoms with van der Waals surface area (Å²) in [6.07, 6.45) is 1.77. The molecule has 3 heterocycles. The van der Waals surface area contributed by atoms with Gasteiger partial charge in [0.1, 0.15) is 39.9 Å². The van der Waals surface area contributed by atoms with Crippen molar-refractivity contribution in [3.8, 4) is 11.5 Å². The van der Waals surface area contributed by atoms with Crippen LogP contribution in [0.4, 0.5) is 0 Å². The van der Waals surface area contributed by atoms with E-state index in [4.69, 9.17) is 30.1 Å². The number of aromatic hydroxyl groups is 1. The van der Waals surface area contributed by atoms with Gasteiger partial charge in [-0.15, -0.1) is 0 Å². The summed E-state index contributed by atoms with van der Waals surface area (Å²) in [5.74, 6) is 0.0409. The predicted octanol–water partition coefficient (Wildman–Crippen LogP) is 1.79. The third-order valence-corrected chi connectivity index (χ3v) is 7.00. The van der Waals surface area contributed by atoms with E-state index in [0.29, 0.717) is 55.7 Å². The average Bonchev–Trinajstić information content (AvgIpc) is 3.51. The van der Waals surface area contributed by atoms with Crippen molar-refractivity contribution in [1.82, 2.24) is 0 Å². The number of ether oxygens (including phenoxy) is 3. The van der Waals surface area contributed by atoms with Gasteiger partial charge in [-0.2, -0.15) is 0 Å². The van der Waals surface area contributed by atoms with E-state index in [1.807, 2.05) is 0 Å². The molecule has 0 saturated carbocycles. The van der Waals surface area contributed by atoms with Crippen molar-refractivity contribution in [2.24, 2.45) is 16.5 Å². The second kappa shape index (κ2) is 10.2. The molecule has 2 aromatic rings. The number of phenols is 1. The molecule has 6 N–H and O–H groups in total. The summed E-state index contributed by atoms with van der Waals surface area (Å²) in [5.41, 5.74) is 8.93. The molecule has 0 amide bonds. The minimum atomic E-state index is -1.12. The molecule has 1 aromatic heterocycles. The van der Waals surface area contributed by atoms with Gasteiger partial charge in [0.15, 0.2) is 17.0 Å². The van der Waals surface area contributed by atoms with Gasteiger partial charge in [-0.1, -0.05) is 0 Å². The number of unbranched alkanes of at least 4 members (excludes halogenated alkanes) is 1. The highest BCUT2D eigenvalue weighted by Gasteiger charge is 2.63. The van der Waals surface area contributed by atoms with Crippen molar-refractivity contribution >= 4 is 22.9 Å². The fourth-order valence-electron chi connectivity index (χ4n) is 4.92. The number of phenolic OH excluding ortho intramolecular Hbond substituents is 1. The Morgan fingerprint density at radius 3 is 2.70 bits per heavy atom. The van der Waals surface area contributed by atoms with Crippen molar-refractivity contribution in [2.75, 3.05) is 13.2 Å². The highest BCUT2D eigenvalue weighted by Crippen LogP contribution is 2.47. The standard InChI is InChI=1S/C26H35N3O8/c1-14-11-16(31)21-18(34-14)13-17-15(22(21)32)12-20(25(2,3)36-17)35-23(33)26(8-4-5-10-30)19(37-26)7-6-9-29-24(27)28/h11,13,19-20,30,32H,4-10,12H2,1-3H3,(H4,27,28,29). The number of fused-ring (bicyclic) bond motifs is 2. The van der Waals surface area contributed by atoms with Crippen LogP contribution < -0.4 is 21.6 Å². The molecule has 0 radical (unpaired) electrons. The molecule has 37 heavy (non-hydrogen) atoms. The van der Waals surface area contributed by atoms with Gasteiger partial charge < -0.3 is 40.3 Å². The number of aliphatic imine (C=N–C) groups is 1. The quantitative estimate of drug-likeness (QED) is 0.119. The zero-order valence-electron chi connectivity index (χ0n) is 21.4. The number of nitrogens with zero attached hydrogens (tertiary/aromatic N) is 1. The second-order valence-corrected chi connectivity index (χ2v) is 10.2. The normalized spacial score (nSPS) is 23.7. The first-order chi connectivity index (χ1) is 17.5. The molecule has 3 atom stereocenters. The van der Waals surface area contributed by atoms with Gasteiger partial charge in [0.25, 0.3) is 0 Å². The molecule has 11 nitrogen and oxygen atoms in total. The van der Waals surface area contributed by atoms with E-state index >= 15 is 0 Å². The molecule has 202 valence electrons. The maximum Gasteiger partial charge on any atom is 0.341 e. The van der Waals surface area contributed by atoms with E-state index < -0.39 is 23.3 Å². The zero-order chi connectivity index (χ0) is 27.0. The molecule has 1 aromatic carbocycles. The Morgan fingerprint density at radius 2 is 2.00 bits per heavy atom. The second-order valence-electron chi connectivity index (χ2n) is 10.2. The summed E-state index contributed by atoms with van der Waals surface area (Å²) < 4.78 is 23.7. The highest BCUT2D eigenvalue weighted by atomic mass is 16.7. The number of aliphatic hydroxyl groups is 1. The largest absolute Gasteiger partial charge is 0.507 e. The van der Waals surface area contributed by atoms with Crippen LogP contribution in [0.2, 0.25) is 0 Å². The maximum absolute atomic E-state index is 13.5. The highest BCUT2D eigenvalue weighted by molar-refractivity contribution is 5.87. The van der Waals surface area contributed by atoms with E-state index in [1.165, 1.54) is 6.07 Å².